The van der Waals surface area contributed by atoms with Gasteiger partial charge in [-0.1, -0.05) is 31.7 Å². The highest BCUT2D eigenvalue weighted by Crippen LogP contribution is 2.17. The lowest BCUT2D eigenvalue weighted by Gasteiger charge is -2.16. The Bertz CT molecular complexity index is 361. The molecule has 1 aliphatic carbocycles. The van der Waals surface area contributed by atoms with E-state index >= 15 is 0 Å². The third kappa shape index (κ3) is 5.23. The van der Waals surface area contributed by atoms with Crippen molar-refractivity contribution in [3.63, 3.8) is 0 Å². The second-order valence-corrected chi connectivity index (χ2v) is 5.81. The van der Waals surface area contributed by atoms with Crippen LogP contribution < -0.4 is 10.1 Å². The van der Waals surface area contributed by atoms with Crippen LogP contribution in [0.15, 0.2) is 18.2 Å². The second kappa shape index (κ2) is 7.54. The van der Waals surface area contributed by atoms with Crippen molar-refractivity contribution in [1.29, 1.82) is 0 Å². The SMILES string of the molecule is Cc1cc(C)cc(OCCNC2CCCCCC2)c1. The van der Waals surface area contributed by atoms with Gasteiger partial charge >= 0.3 is 0 Å². The van der Waals surface area contributed by atoms with Crippen LogP contribution in [0.25, 0.3) is 0 Å². The maximum Gasteiger partial charge on any atom is 0.119 e. The fourth-order valence-electron chi connectivity index (χ4n) is 2.93. The van der Waals surface area contributed by atoms with E-state index in [2.05, 4.69) is 37.4 Å². The maximum atomic E-state index is 5.83. The van der Waals surface area contributed by atoms with Crippen LogP contribution in [-0.2, 0) is 0 Å². The molecule has 0 spiro atoms. The summed E-state index contributed by atoms with van der Waals surface area (Å²) in [5, 5.41) is 3.64. The molecule has 2 nitrogen and oxygen atoms in total. The normalized spacial score (nSPS) is 17.2. The van der Waals surface area contributed by atoms with E-state index in [9.17, 15) is 0 Å². The second-order valence-electron chi connectivity index (χ2n) is 5.81. The summed E-state index contributed by atoms with van der Waals surface area (Å²) in [7, 11) is 0. The van der Waals surface area contributed by atoms with Crippen molar-refractivity contribution in [3.8, 4) is 5.75 Å². The van der Waals surface area contributed by atoms with Crippen LogP contribution in [0.5, 0.6) is 5.75 Å². The third-order valence-corrected chi connectivity index (χ3v) is 3.85. The lowest BCUT2D eigenvalue weighted by molar-refractivity contribution is 0.300. The van der Waals surface area contributed by atoms with Gasteiger partial charge in [-0.3, -0.25) is 0 Å². The van der Waals surface area contributed by atoms with Gasteiger partial charge in [0.2, 0.25) is 0 Å². The maximum absolute atomic E-state index is 5.83. The molecule has 1 aromatic rings. The lowest BCUT2D eigenvalue weighted by atomic mass is 10.1. The van der Waals surface area contributed by atoms with Gasteiger partial charge in [0.05, 0.1) is 0 Å². The smallest absolute Gasteiger partial charge is 0.119 e. The largest absolute Gasteiger partial charge is 0.492 e. The molecule has 1 fully saturated rings. The Hall–Kier alpha value is -1.02. The molecule has 0 saturated heterocycles. The van der Waals surface area contributed by atoms with Crippen LogP contribution in [0.3, 0.4) is 0 Å². The number of nitrogens with one attached hydrogen (secondary N) is 1. The van der Waals surface area contributed by atoms with E-state index in [-0.39, 0.29) is 0 Å². The summed E-state index contributed by atoms with van der Waals surface area (Å²) in [6.45, 7) is 5.95. The van der Waals surface area contributed by atoms with Gasteiger partial charge in [0.15, 0.2) is 0 Å². The third-order valence-electron chi connectivity index (χ3n) is 3.85. The quantitative estimate of drug-likeness (QED) is 0.639. The van der Waals surface area contributed by atoms with Crippen molar-refractivity contribution in [1.82, 2.24) is 5.32 Å². The molecule has 2 rings (SSSR count). The van der Waals surface area contributed by atoms with Crippen LogP contribution in [0.1, 0.15) is 49.7 Å². The van der Waals surface area contributed by atoms with E-state index in [1.807, 2.05) is 0 Å². The zero-order valence-corrected chi connectivity index (χ0v) is 12.4. The summed E-state index contributed by atoms with van der Waals surface area (Å²) in [6, 6.07) is 7.11. The molecule has 0 amide bonds. The highest BCUT2D eigenvalue weighted by atomic mass is 16.5. The molecule has 1 aromatic carbocycles. The molecule has 1 aliphatic rings. The van der Waals surface area contributed by atoms with Gasteiger partial charge in [-0.25, -0.2) is 0 Å². The van der Waals surface area contributed by atoms with Gasteiger partial charge in [-0.2, -0.15) is 0 Å². The van der Waals surface area contributed by atoms with Crippen molar-refractivity contribution in [3.05, 3.63) is 29.3 Å². The molecule has 0 atom stereocenters. The standard InChI is InChI=1S/C17H27NO/c1-14-11-15(2)13-17(12-14)19-10-9-18-16-7-5-3-4-6-8-16/h11-13,16,18H,3-10H2,1-2H3. The molecule has 0 aliphatic heterocycles. The molecule has 106 valence electrons. The van der Waals surface area contributed by atoms with Crippen LogP contribution in [0.4, 0.5) is 0 Å². The van der Waals surface area contributed by atoms with E-state index in [0.29, 0.717) is 6.04 Å². The van der Waals surface area contributed by atoms with E-state index in [1.165, 1.54) is 49.7 Å². The predicted octanol–water partition coefficient (Wildman–Crippen LogP) is 3.99. The molecule has 0 heterocycles. The van der Waals surface area contributed by atoms with Gasteiger partial charge in [0, 0.05) is 12.6 Å². The summed E-state index contributed by atoms with van der Waals surface area (Å²) in [5.74, 6) is 1.00. The van der Waals surface area contributed by atoms with E-state index < -0.39 is 0 Å². The van der Waals surface area contributed by atoms with Crippen LogP contribution in [0, 0.1) is 13.8 Å². The van der Waals surface area contributed by atoms with Crippen LogP contribution in [-0.4, -0.2) is 19.2 Å². The number of ether oxygens (including phenoxy) is 1. The average molecular weight is 261 g/mol. The zero-order valence-electron chi connectivity index (χ0n) is 12.4. The molecule has 0 bridgehead atoms. The first kappa shape index (κ1) is 14.4. The zero-order chi connectivity index (χ0) is 13.5. The molecule has 0 unspecified atom stereocenters. The lowest BCUT2D eigenvalue weighted by Crippen LogP contribution is -2.32. The predicted molar refractivity (Wildman–Crippen MR) is 80.9 cm³/mol. The van der Waals surface area contributed by atoms with Crippen molar-refractivity contribution >= 4 is 0 Å². The molecule has 19 heavy (non-hydrogen) atoms. The number of hydrogen-bond donors (Lipinski definition) is 1. The van der Waals surface area contributed by atoms with Gasteiger partial charge in [-0.05, 0) is 49.9 Å². The van der Waals surface area contributed by atoms with E-state index in [4.69, 9.17) is 4.74 Å². The molecule has 0 aromatic heterocycles. The number of benzene rings is 1. The van der Waals surface area contributed by atoms with Crippen molar-refractivity contribution in [2.45, 2.75) is 58.4 Å². The minimum absolute atomic E-state index is 0.713. The summed E-state index contributed by atoms with van der Waals surface area (Å²) >= 11 is 0. The van der Waals surface area contributed by atoms with Crippen LogP contribution in [0.2, 0.25) is 0 Å². The summed E-state index contributed by atoms with van der Waals surface area (Å²) < 4.78 is 5.83. The Morgan fingerprint density at radius 2 is 1.63 bits per heavy atom. The molecule has 0 radical (unpaired) electrons. The fourth-order valence-corrected chi connectivity index (χ4v) is 2.93. The van der Waals surface area contributed by atoms with Gasteiger partial charge in [0.1, 0.15) is 12.4 Å². The minimum Gasteiger partial charge on any atom is -0.492 e. The van der Waals surface area contributed by atoms with Crippen LogP contribution >= 0.6 is 0 Å². The highest BCUT2D eigenvalue weighted by molar-refractivity contribution is 5.32. The Labute approximate surface area is 117 Å². The van der Waals surface area contributed by atoms with Crippen molar-refractivity contribution < 1.29 is 4.74 Å². The Morgan fingerprint density at radius 1 is 1.00 bits per heavy atom. The van der Waals surface area contributed by atoms with E-state index in [1.54, 1.807) is 0 Å². The number of aryl methyl sites for hydroxylation is 2. The van der Waals surface area contributed by atoms with Crippen molar-refractivity contribution in [2.24, 2.45) is 0 Å². The number of rotatable bonds is 5. The molecular formula is C17H27NO. The Balaban J connectivity index is 1.68. The summed E-state index contributed by atoms with van der Waals surface area (Å²) in [5.41, 5.74) is 2.54. The number of hydrogen-bond acceptors (Lipinski definition) is 2. The summed E-state index contributed by atoms with van der Waals surface area (Å²) in [6.07, 6.45) is 8.27. The monoisotopic (exact) mass is 261 g/mol. The van der Waals surface area contributed by atoms with Gasteiger partial charge in [-0.15, -0.1) is 0 Å². The molecular weight excluding hydrogens is 234 g/mol. The molecule has 2 heteroatoms. The Morgan fingerprint density at radius 3 is 2.26 bits per heavy atom. The minimum atomic E-state index is 0.713. The summed E-state index contributed by atoms with van der Waals surface area (Å²) in [4.78, 5) is 0. The first-order valence-corrected chi connectivity index (χ1v) is 7.68. The van der Waals surface area contributed by atoms with Crippen molar-refractivity contribution in [2.75, 3.05) is 13.2 Å². The highest BCUT2D eigenvalue weighted by Gasteiger charge is 2.10. The topological polar surface area (TPSA) is 21.3 Å². The van der Waals surface area contributed by atoms with Gasteiger partial charge < -0.3 is 10.1 Å². The Kier molecular flexibility index (Phi) is 5.71. The fraction of sp³-hybridized carbons (Fsp3) is 0.647. The van der Waals surface area contributed by atoms with E-state index in [0.717, 1.165) is 18.9 Å². The molecule has 1 saturated carbocycles. The first-order chi connectivity index (χ1) is 9.24. The average Bonchev–Trinajstić information content (AvgIpc) is 2.62. The molecule has 1 N–H and O–H groups in total. The first-order valence-electron chi connectivity index (χ1n) is 7.68. The van der Waals surface area contributed by atoms with Gasteiger partial charge in [0.25, 0.3) is 0 Å².